The van der Waals surface area contributed by atoms with Crippen molar-refractivity contribution in [3.05, 3.63) is 34.6 Å². The van der Waals surface area contributed by atoms with Gasteiger partial charge in [0.2, 0.25) is 0 Å². The van der Waals surface area contributed by atoms with E-state index >= 15 is 0 Å². The van der Waals surface area contributed by atoms with Crippen LogP contribution in [0, 0.1) is 17.5 Å². The highest BCUT2D eigenvalue weighted by atomic mass is 35.5. The number of nitrogen functional groups attached to an aromatic ring is 1. The van der Waals surface area contributed by atoms with Crippen LogP contribution in [0.15, 0.2) is 16.7 Å². The number of nitrogens with two attached hydrogens (primary N) is 1. The second kappa shape index (κ2) is 3.71. The number of aromatic nitrogens is 1. The Morgan fingerprint density at radius 1 is 1.19 bits per heavy atom. The van der Waals surface area contributed by atoms with Crippen molar-refractivity contribution >= 4 is 17.4 Å². The molecule has 0 unspecified atom stereocenters. The normalized spacial score (nSPS) is 10.8. The molecule has 0 amide bonds. The van der Waals surface area contributed by atoms with E-state index in [9.17, 15) is 13.2 Å². The van der Waals surface area contributed by atoms with Gasteiger partial charge in [-0.3, -0.25) is 0 Å². The molecule has 3 nitrogen and oxygen atoms in total. The molecule has 0 aliphatic carbocycles. The van der Waals surface area contributed by atoms with Crippen LogP contribution in [-0.4, -0.2) is 5.16 Å². The zero-order valence-corrected chi connectivity index (χ0v) is 8.36. The van der Waals surface area contributed by atoms with Crippen LogP contribution in [0.25, 0.3) is 11.3 Å². The van der Waals surface area contributed by atoms with Crippen LogP contribution in [0.2, 0.25) is 5.02 Å². The van der Waals surface area contributed by atoms with Crippen molar-refractivity contribution in [3.63, 3.8) is 0 Å². The summed E-state index contributed by atoms with van der Waals surface area (Å²) in [7, 11) is 0. The second-order valence-electron chi connectivity index (χ2n) is 2.96. The van der Waals surface area contributed by atoms with Crippen molar-refractivity contribution in [2.24, 2.45) is 0 Å². The summed E-state index contributed by atoms with van der Waals surface area (Å²) < 4.78 is 44.2. The van der Waals surface area contributed by atoms with Gasteiger partial charge < -0.3 is 10.3 Å². The van der Waals surface area contributed by atoms with Crippen LogP contribution < -0.4 is 5.73 Å². The lowest BCUT2D eigenvalue weighted by molar-refractivity contribution is 0.429. The largest absolute Gasteiger partial charge is 0.381 e. The molecule has 16 heavy (non-hydrogen) atoms. The van der Waals surface area contributed by atoms with Crippen LogP contribution >= 0.6 is 11.6 Å². The first kappa shape index (κ1) is 10.8. The first-order valence-corrected chi connectivity index (χ1v) is 4.44. The van der Waals surface area contributed by atoms with Gasteiger partial charge in [0.15, 0.2) is 23.2 Å². The van der Waals surface area contributed by atoms with E-state index < -0.39 is 28.0 Å². The van der Waals surface area contributed by atoms with Crippen molar-refractivity contribution in [1.29, 1.82) is 0 Å². The molecular weight excluding hydrogens is 245 g/mol. The molecule has 1 heterocycles. The van der Waals surface area contributed by atoms with Crippen LogP contribution in [0.3, 0.4) is 0 Å². The number of hydrogen-bond donors (Lipinski definition) is 1. The topological polar surface area (TPSA) is 52.0 Å². The Labute approximate surface area is 92.6 Å². The van der Waals surface area contributed by atoms with Crippen molar-refractivity contribution in [1.82, 2.24) is 5.16 Å². The molecule has 0 fully saturated rings. The highest BCUT2D eigenvalue weighted by molar-refractivity contribution is 6.31. The van der Waals surface area contributed by atoms with E-state index in [1.54, 1.807) is 0 Å². The summed E-state index contributed by atoms with van der Waals surface area (Å²) in [4.78, 5) is 0. The minimum absolute atomic E-state index is 0.0230. The minimum atomic E-state index is -1.48. The molecular formula is C9H4ClF3N2O. The quantitative estimate of drug-likeness (QED) is 0.623. The Balaban J connectivity index is 2.66. The predicted octanol–water partition coefficient (Wildman–Crippen LogP) is 2.99. The molecule has 0 saturated heterocycles. The molecule has 2 N–H and O–H groups in total. The molecule has 0 radical (unpaired) electrons. The smallest absolute Gasteiger partial charge is 0.181 e. The summed E-state index contributed by atoms with van der Waals surface area (Å²) in [6.07, 6.45) is 0. The monoisotopic (exact) mass is 248 g/mol. The fraction of sp³-hybridized carbons (Fsp3) is 0. The van der Waals surface area contributed by atoms with Gasteiger partial charge in [0, 0.05) is 6.07 Å². The molecule has 2 aromatic rings. The van der Waals surface area contributed by atoms with Gasteiger partial charge in [-0.25, -0.2) is 13.2 Å². The van der Waals surface area contributed by atoms with Gasteiger partial charge >= 0.3 is 0 Å². The Hall–Kier alpha value is -1.69. The lowest BCUT2D eigenvalue weighted by Crippen LogP contribution is -1.93. The van der Waals surface area contributed by atoms with Crippen molar-refractivity contribution in [2.75, 3.05) is 5.73 Å². The highest BCUT2D eigenvalue weighted by Crippen LogP contribution is 2.31. The molecule has 7 heteroatoms. The third-order valence-electron chi connectivity index (χ3n) is 1.90. The molecule has 0 saturated carbocycles. The maximum atomic E-state index is 13.4. The van der Waals surface area contributed by atoms with E-state index in [2.05, 4.69) is 9.68 Å². The van der Waals surface area contributed by atoms with Gasteiger partial charge in [-0.05, 0) is 6.07 Å². The molecule has 2 rings (SSSR count). The summed E-state index contributed by atoms with van der Waals surface area (Å²) in [6, 6.07) is 1.85. The van der Waals surface area contributed by atoms with Crippen molar-refractivity contribution < 1.29 is 17.7 Å². The van der Waals surface area contributed by atoms with E-state index in [1.165, 1.54) is 0 Å². The molecule has 0 bridgehead atoms. The zero-order valence-electron chi connectivity index (χ0n) is 7.60. The SMILES string of the molecule is Nc1cc(-c2cc(F)c(Cl)c(F)c2F)on1. The molecule has 0 atom stereocenters. The number of rotatable bonds is 1. The van der Waals surface area contributed by atoms with Crippen LogP contribution in [0.5, 0.6) is 0 Å². The first-order valence-electron chi connectivity index (χ1n) is 4.06. The number of hydrogen-bond acceptors (Lipinski definition) is 3. The summed E-state index contributed by atoms with van der Waals surface area (Å²) in [6.45, 7) is 0. The van der Waals surface area contributed by atoms with Crippen LogP contribution in [0.1, 0.15) is 0 Å². The van der Waals surface area contributed by atoms with Gasteiger partial charge in [-0.2, -0.15) is 0 Å². The lowest BCUT2D eigenvalue weighted by Gasteiger charge is -2.02. The standard InChI is InChI=1S/C9H4ClF3N2O/c10-7-4(11)1-3(8(12)9(7)13)5-2-6(14)15-16-5/h1-2H,(H2,14,15). The number of halogens is 4. The maximum Gasteiger partial charge on any atom is 0.181 e. The van der Waals surface area contributed by atoms with Crippen molar-refractivity contribution in [3.8, 4) is 11.3 Å². The van der Waals surface area contributed by atoms with Gasteiger partial charge in [0.05, 0.1) is 5.56 Å². The van der Waals surface area contributed by atoms with E-state index in [0.29, 0.717) is 6.07 Å². The first-order chi connectivity index (χ1) is 7.50. The number of nitrogens with zero attached hydrogens (tertiary/aromatic N) is 1. The highest BCUT2D eigenvalue weighted by Gasteiger charge is 2.20. The van der Waals surface area contributed by atoms with E-state index in [4.69, 9.17) is 17.3 Å². The van der Waals surface area contributed by atoms with Gasteiger partial charge in [0.25, 0.3) is 0 Å². The van der Waals surface area contributed by atoms with E-state index in [1.807, 2.05) is 0 Å². The molecule has 84 valence electrons. The van der Waals surface area contributed by atoms with E-state index in [-0.39, 0.29) is 11.6 Å². The average Bonchev–Trinajstić information content (AvgIpc) is 2.67. The lowest BCUT2D eigenvalue weighted by atomic mass is 10.1. The number of benzene rings is 1. The number of anilines is 1. The van der Waals surface area contributed by atoms with Gasteiger partial charge in [-0.1, -0.05) is 16.8 Å². The Bertz CT molecular complexity index is 556. The summed E-state index contributed by atoms with van der Waals surface area (Å²) >= 11 is 5.19. The Morgan fingerprint density at radius 2 is 1.88 bits per heavy atom. The molecule has 0 spiro atoms. The average molecular weight is 249 g/mol. The van der Waals surface area contributed by atoms with Crippen LogP contribution in [0.4, 0.5) is 19.0 Å². The van der Waals surface area contributed by atoms with Crippen LogP contribution in [-0.2, 0) is 0 Å². The van der Waals surface area contributed by atoms with E-state index in [0.717, 1.165) is 6.07 Å². The Kier molecular flexibility index (Phi) is 2.51. The fourth-order valence-corrected chi connectivity index (χ4v) is 1.31. The molecule has 1 aromatic heterocycles. The maximum absolute atomic E-state index is 13.4. The second-order valence-corrected chi connectivity index (χ2v) is 3.34. The fourth-order valence-electron chi connectivity index (χ4n) is 1.17. The van der Waals surface area contributed by atoms with Gasteiger partial charge in [0.1, 0.15) is 10.8 Å². The third-order valence-corrected chi connectivity index (χ3v) is 2.24. The molecule has 0 aliphatic rings. The van der Waals surface area contributed by atoms with Crippen molar-refractivity contribution in [2.45, 2.75) is 0 Å². The molecule has 1 aromatic carbocycles. The third kappa shape index (κ3) is 1.61. The summed E-state index contributed by atoms with van der Waals surface area (Å²) in [5.74, 6) is -4.09. The molecule has 0 aliphatic heterocycles. The summed E-state index contributed by atoms with van der Waals surface area (Å²) in [5, 5.41) is 2.37. The predicted molar refractivity (Wildman–Crippen MR) is 51.2 cm³/mol. The van der Waals surface area contributed by atoms with Gasteiger partial charge in [-0.15, -0.1) is 0 Å². The summed E-state index contributed by atoms with van der Waals surface area (Å²) in [5.41, 5.74) is 4.80. The zero-order chi connectivity index (χ0) is 11.9. The Morgan fingerprint density at radius 3 is 2.44 bits per heavy atom. The minimum Gasteiger partial charge on any atom is -0.381 e.